The molecule has 0 saturated heterocycles. The van der Waals surface area contributed by atoms with Crippen LogP contribution in [-0.4, -0.2) is 19.9 Å². The molecule has 0 atom stereocenters. The van der Waals surface area contributed by atoms with E-state index in [-0.39, 0.29) is 0 Å². The van der Waals surface area contributed by atoms with E-state index in [0.717, 1.165) is 97.5 Å². The van der Waals surface area contributed by atoms with Crippen LogP contribution in [0.4, 0.5) is 0 Å². The fraction of sp³-hybridized carbons (Fsp3) is 0.0952. The molecular weight excluding hydrogens is 560 g/mol. The lowest BCUT2D eigenvalue weighted by Crippen LogP contribution is -1.95. The Morgan fingerprint density at radius 2 is 0.804 bits per heavy atom. The molecule has 8 bridgehead atoms. The number of benzene rings is 3. The van der Waals surface area contributed by atoms with Crippen LogP contribution in [0, 0.1) is 0 Å². The van der Waals surface area contributed by atoms with Gasteiger partial charge in [-0.2, -0.15) is 0 Å². The summed E-state index contributed by atoms with van der Waals surface area (Å²) in [6, 6.07) is 40.5. The molecule has 0 unspecified atom stereocenters. The lowest BCUT2D eigenvalue weighted by molar-refractivity contribution is 0.788. The van der Waals surface area contributed by atoms with Gasteiger partial charge >= 0.3 is 0 Å². The zero-order valence-electron chi connectivity index (χ0n) is 25.8. The fourth-order valence-corrected chi connectivity index (χ4v) is 6.61. The highest BCUT2D eigenvalue weighted by atomic mass is 14.8. The lowest BCUT2D eigenvalue weighted by Gasteiger charge is -2.06. The molecule has 0 fully saturated rings. The molecular formula is C42H34N4. The van der Waals surface area contributed by atoms with E-state index in [9.17, 15) is 0 Å². The molecule has 8 rings (SSSR count). The van der Waals surface area contributed by atoms with Gasteiger partial charge in [-0.1, -0.05) is 104 Å². The van der Waals surface area contributed by atoms with Crippen LogP contribution in [0.25, 0.3) is 79.8 Å². The van der Waals surface area contributed by atoms with E-state index < -0.39 is 0 Å². The number of nitrogens with one attached hydrogen (secondary N) is 2. The number of hydrogen-bond acceptors (Lipinski definition) is 2. The highest BCUT2D eigenvalue weighted by Crippen LogP contribution is 2.36. The van der Waals surface area contributed by atoms with Gasteiger partial charge in [-0.25, -0.2) is 9.97 Å². The molecule has 5 heterocycles. The molecule has 4 nitrogen and oxygen atoms in total. The maximum Gasteiger partial charge on any atom is 0.0737 e. The van der Waals surface area contributed by atoms with E-state index >= 15 is 0 Å². The summed E-state index contributed by atoms with van der Waals surface area (Å²) < 4.78 is 0. The third-order valence-corrected chi connectivity index (χ3v) is 8.83. The monoisotopic (exact) mass is 594 g/mol. The minimum Gasteiger partial charge on any atom is -0.354 e. The van der Waals surface area contributed by atoms with E-state index in [0.29, 0.717) is 0 Å². The summed E-state index contributed by atoms with van der Waals surface area (Å²) in [6.45, 7) is 2.23. The second-order valence-corrected chi connectivity index (χ2v) is 11.8. The predicted molar refractivity (Wildman–Crippen MR) is 194 cm³/mol. The van der Waals surface area contributed by atoms with E-state index in [4.69, 9.17) is 9.97 Å². The summed E-state index contributed by atoms with van der Waals surface area (Å²) in [4.78, 5) is 18.3. The van der Waals surface area contributed by atoms with Crippen molar-refractivity contribution in [2.75, 3.05) is 0 Å². The second-order valence-electron chi connectivity index (χ2n) is 11.8. The van der Waals surface area contributed by atoms with Crippen molar-refractivity contribution in [3.63, 3.8) is 0 Å². The normalized spacial score (nSPS) is 12.1. The third kappa shape index (κ3) is 5.08. The van der Waals surface area contributed by atoms with Crippen molar-refractivity contribution < 1.29 is 0 Å². The first-order valence-corrected chi connectivity index (χ1v) is 16.1. The Labute approximate surface area is 268 Å². The number of H-pyrrole nitrogens is 2. The first kappa shape index (κ1) is 27.8. The number of nitrogens with zero attached hydrogens (tertiary/aromatic N) is 2. The molecule has 0 saturated carbocycles. The summed E-state index contributed by atoms with van der Waals surface area (Å²) in [6.07, 6.45) is 11.7. The summed E-state index contributed by atoms with van der Waals surface area (Å²) in [5.74, 6) is 0. The Kier molecular flexibility index (Phi) is 7.24. The fourth-order valence-electron chi connectivity index (χ4n) is 6.61. The summed E-state index contributed by atoms with van der Waals surface area (Å²) in [7, 11) is 0. The van der Waals surface area contributed by atoms with Gasteiger partial charge < -0.3 is 9.97 Å². The Hall–Kier alpha value is -5.74. The number of hydrogen-bond donors (Lipinski definition) is 2. The molecule has 0 radical (unpaired) electrons. The van der Waals surface area contributed by atoms with Crippen molar-refractivity contribution in [3.05, 3.63) is 144 Å². The smallest absolute Gasteiger partial charge is 0.0737 e. The Balaban J connectivity index is 1.55. The lowest BCUT2D eigenvalue weighted by atomic mass is 10.0. The molecule has 3 aromatic carbocycles. The maximum absolute atomic E-state index is 5.31. The average molecular weight is 595 g/mol. The molecule has 2 aliphatic heterocycles. The van der Waals surface area contributed by atoms with Gasteiger partial charge in [0.15, 0.2) is 0 Å². The van der Waals surface area contributed by atoms with Crippen molar-refractivity contribution in [1.82, 2.24) is 19.9 Å². The van der Waals surface area contributed by atoms with Crippen LogP contribution in [0.15, 0.2) is 115 Å². The number of aromatic nitrogens is 4. The Bertz CT molecular complexity index is 2130. The number of aromatic amines is 2. The van der Waals surface area contributed by atoms with Crippen molar-refractivity contribution >= 4 is 46.4 Å². The van der Waals surface area contributed by atoms with Gasteiger partial charge in [0.05, 0.1) is 22.8 Å². The molecule has 6 aromatic rings. The highest BCUT2D eigenvalue weighted by Gasteiger charge is 2.18. The molecule has 46 heavy (non-hydrogen) atoms. The van der Waals surface area contributed by atoms with E-state index in [1.165, 1.54) is 5.56 Å². The highest BCUT2D eigenvalue weighted by molar-refractivity contribution is 5.99. The van der Waals surface area contributed by atoms with E-state index in [2.05, 4.69) is 156 Å². The zero-order valence-corrected chi connectivity index (χ0v) is 25.8. The molecule has 2 aliphatic rings. The van der Waals surface area contributed by atoms with Crippen LogP contribution < -0.4 is 0 Å². The quantitative estimate of drug-likeness (QED) is 0.201. The largest absolute Gasteiger partial charge is 0.354 e. The Morgan fingerprint density at radius 1 is 0.435 bits per heavy atom. The van der Waals surface area contributed by atoms with Gasteiger partial charge in [0, 0.05) is 44.3 Å². The van der Waals surface area contributed by atoms with Crippen LogP contribution in [-0.2, 0) is 6.42 Å². The number of rotatable bonds is 6. The molecule has 0 amide bonds. The molecule has 3 aromatic heterocycles. The van der Waals surface area contributed by atoms with Crippen molar-refractivity contribution in [1.29, 1.82) is 0 Å². The maximum atomic E-state index is 5.31. The van der Waals surface area contributed by atoms with Crippen molar-refractivity contribution in [3.8, 4) is 33.4 Å². The second kappa shape index (κ2) is 12.0. The van der Waals surface area contributed by atoms with Crippen LogP contribution in [0.1, 0.15) is 48.1 Å². The molecule has 0 aliphatic carbocycles. The topological polar surface area (TPSA) is 57.4 Å². The van der Waals surface area contributed by atoms with Gasteiger partial charge in [0.1, 0.15) is 0 Å². The van der Waals surface area contributed by atoms with E-state index in [1.807, 2.05) is 0 Å². The van der Waals surface area contributed by atoms with Gasteiger partial charge in [0.25, 0.3) is 0 Å². The zero-order chi connectivity index (χ0) is 30.9. The van der Waals surface area contributed by atoms with Crippen LogP contribution in [0.5, 0.6) is 0 Å². The molecule has 0 spiro atoms. The van der Waals surface area contributed by atoms with E-state index in [1.54, 1.807) is 0 Å². The molecule has 2 N–H and O–H groups in total. The Morgan fingerprint density at radius 3 is 1.22 bits per heavy atom. The predicted octanol–water partition coefficient (Wildman–Crippen LogP) is 11.0. The summed E-state index contributed by atoms with van der Waals surface area (Å²) >= 11 is 0. The van der Waals surface area contributed by atoms with Gasteiger partial charge in [-0.15, -0.1) is 0 Å². The standard InChI is InChI=1S/C42H34N4/c1-2-3-19-31-32-20-22-34(43-32)40(28-13-7-4-8-14-28)36-24-26-38(45-36)42(30-17-11-6-12-18-30)39-27-25-37(46-39)41(29-15-9-5-10-16-29)35-23-21-33(31)44-35/h4-18,20-27,45-46H,2-3,19H2,1H3. The SMILES string of the molecule is CCCCc1c2nc(c(-c3ccccc3)c3ccc([nH]3)c(-c3ccccc3)c3ccc([nH]3)c(-c3ccccc3)c3nc1C=C3)C=C2. The first-order valence-electron chi connectivity index (χ1n) is 16.1. The van der Waals surface area contributed by atoms with Crippen molar-refractivity contribution in [2.24, 2.45) is 0 Å². The minimum absolute atomic E-state index is 0.916. The minimum atomic E-state index is 0.916. The van der Waals surface area contributed by atoms with Crippen molar-refractivity contribution in [2.45, 2.75) is 26.2 Å². The summed E-state index contributed by atoms with van der Waals surface area (Å²) in [5.41, 5.74) is 15.8. The van der Waals surface area contributed by atoms with Crippen LogP contribution in [0.3, 0.4) is 0 Å². The van der Waals surface area contributed by atoms with Gasteiger partial charge in [-0.05, 0) is 78.1 Å². The van der Waals surface area contributed by atoms with Gasteiger partial charge in [0.2, 0.25) is 0 Å². The van der Waals surface area contributed by atoms with Gasteiger partial charge in [-0.3, -0.25) is 0 Å². The first-order chi connectivity index (χ1) is 22.8. The number of fused-ring (bicyclic) bond motifs is 8. The summed E-state index contributed by atoms with van der Waals surface area (Å²) in [5, 5.41) is 0. The number of unbranched alkanes of at least 4 members (excludes halogenated alkanes) is 1. The van der Waals surface area contributed by atoms with Crippen LogP contribution >= 0.6 is 0 Å². The third-order valence-electron chi connectivity index (χ3n) is 8.83. The molecule has 4 heteroatoms. The molecule has 222 valence electrons. The van der Waals surface area contributed by atoms with Crippen LogP contribution in [0.2, 0.25) is 0 Å². The average Bonchev–Trinajstić information content (AvgIpc) is 3.93.